The zero-order chi connectivity index (χ0) is 35.6. The summed E-state index contributed by atoms with van der Waals surface area (Å²) in [4.78, 5) is 66.3. The summed E-state index contributed by atoms with van der Waals surface area (Å²) in [6.07, 6.45) is -2.94. The first kappa shape index (κ1) is 38.0. The van der Waals surface area contributed by atoms with E-state index < -0.39 is 30.3 Å². The molecule has 11 nitrogen and oxygen atoms in total. The molecular weight excluding hydrogens is 631 g/mol. The molecule has 2 saturated heterocycles. The fourth-order valence-electron chi connectivity index (χ4n) is 5.76. The highest BCUT2D eigenvalue weighted by atomic mass is 19.4. The minimum Gasteiger partial charge on any atom is -0.475 e. The van der Waals surface area contributed by atoms with Crippen LogP contribution in [0.3, 0.4) is 0 Å². The molecule has 14 heteroatoms. The van der Waals surface area contributed by atoms with Crippen molar-refractivity contribution in [3.05, 3.63) is 71.8 Å². The first-order valence-corrected chi connectivity index (χ1v) is 15.9. The number of amides is 4. The van der Waals surface area contributed by atoms with Crippen molar-refractivity contribution in [3.63, 3.8) is 0 Å². The van der Waals surface area contributed by atoms with Gasteiger partial charge in [-0.15, -0.1) is 0 Å². The summed E-state index contributed by atoms with van der Waals surface area (Å²) < 4.78 is 31.7. The van der Waals surface area contributed by atoms with Crippen LogP contribution in [-0.4, -0.2) is 95.0 Å². The van der Waals surface area contributed by atoms with Gasteiger partial charge in [0, 0.05) is 25.6 Å². The molecule has 0 bridgehead atoms. The maximum Gasteiger partial charge on any atom is 0.490 e. The molecule has 0 aliphatic carbocycles. The van der Waals surface area contributed by atoms with E-state index in [-0.39, 0.29) is 48.2 Å². The van der Waals surface area contributed by atoms with Crippen molar-refractivity contribution < 1.29 is 42.3 Å². The van der Waals surface area contributed by atoms with Crippen molar-refractivity contribution in [1.29, 1.82) is 0 Å². The number of hydrogen-bond donors (Lipinski definition) is 4. The number of nitrogens with zero attached hydrogens (tertiary/aromatic N) is 2. The van der Waals surface area contributed by atoms with Crippen LogP contribution in [0.4, 0.5) is 13.2 Å². The number of fused-ring (bicyclic) bond motifs is 1. The van der Waals surface area contributed by atoms with E-state index in [0.29, 0.717) is 32.2 Å². The number of carboxylic acids is 1. The van der Waals surface area contributed by atoms with Crippen molar-refractivity contribution >= 4 is 29.6 Å². The minimum atomic E-state index is -5.08. The zero-order valence-corrected chi connectivity index (χ0v) is 27.5. The number of hydrogen-bond acceptors (Lipinski definition) is 6. The van der Waals surface area contributed by atoms with E-state index in [0.717, 1.165) is 11.1 Å². The minimum absolute atomic E-state index is 0.0250. The molecule has 0 unspecified atom stereocenters. The quantitative estimate of drug-likeness (QED) is 0.319. The summed E-state index contributed by atoms with van der Waals surface area (Å²) in [6.45, 7) is 6.24. The fraction of sp³-hybridized carbons (Fsp3) is 0.500. The maximum absolute atomic E-state index is 14.1. The van der Waals surface area contributed by atoms with Gasteiger partial charge in [-0.25, -0.2) is 4.79 Å². The number of carbonyl (C=O) groups excluding carboxylic acids is 4. The third-order valence-electron chi connectivity index (χ3n) is 8.37. The molecule has 4 rings (SSSR count). The van der Waals surface area contributed by atoms with Gasteiger partial charge in [-0.2, -0.15) is 13.2 Å². The number of carboxylic acid groups (broad SMARTS) is 1. The zero-order valence-electron chi connectivity index (χ0n) is 27.5. The fourth-order valence-corrected chi connectivity index (χ4v) is 5.76. The van der Waals surface area contributed by atoms with Crippen molar-refractivity contribution in [3.8, 4) is 0 Å². The Labute approximate surface area is 278 Å². The molecule has 4 atom stereocenters. The summed E-state index contributed by atoms with van der Waals surface area (Å²) in [6, 6.07) is 16.9. The van der Waals surface area contributed by atoms with E-state index in [2.05, 4.69) is 16.0 Å². The van der Waals surface area contributed by atoms with Crippen molar-refractivity contribution in [2.24, 2.45) is 5.92 Å². The Balaban J connectivity index is 0.000000804. The van der Waals surface area contributed by atoms with Gasteiger partial charge in [0.25, 0.3) is 0 Å². The monoisotopic (exact) mass is 675 g/mol. The lowest BCUT2D eigenvalue weighted by molar-refractivity contribution is -0.192. The van der Waals surface area contributed by atoms with Gasteiger partial charge in [0.2, 0.25) is 23.6 Å². The van der Waals surface area contributed by atoms with E-state index in [1.165, 1.54) is 0 Å². The Kier molecular flexibility index (Phi) is 13.5. The van der Waals surface area contributed by atoms with Crippen LogP contribution in [-0.2, 0) is 24.0 Å². The molecule has 262 valence electrons. The van der Waals surface area contributed by atoms with Gasteiger partial charge >= 0.3 is 12.1 Å². The summed E-state index contributed by atoms with van der Waals surface area (Å²) in [7, 11) is 1.68. The highest BCUT2D eigenvalue weighted by Gasteiger charge is 2.46. The van der Waals surface area contributed by atoms with Crippen LogP contribution < -0.4 is 16.0 Å². The Morgan fingerprint density at radius 2 is 1.46 bits per heavy atom. The molecule has 2 aliphatic heterocycles. The van der Waals surface area contributed by atoms with Crippen LogP contribution in [0.5, 0.6) is 0 Å². The van der Waals surface area contributed by atoms with Gasteiger partial charge in [0.1, 0.15) is 12.1 Å². The second kappa shape index (κ2) is 17.1. The van der Waals surface area contributed by atoms with Crippen LogP contribution in [0.15, 0.2) is 60.7 Å². The molecule has 2 heterocycles. The molecule has 4 amide bonds. The van der Waals surface area contributed by atoms with Crippen LogP contribution in [0.25, 0.3) is 0 Å². The molecule has 2 aromatic carbocycles. The molecule has 0 aromatic heterocycles. The topological polar surface area (TPSA) is 148 Å². The van der Waals surface area contributed by atoms with Gasteiger partial charge in [0.15, 0.2) is 0 Å². The average molecular weight is 676 g/mol. The second-order valence-corrected chi connectivity index (χ2v) is 12.4. The molecule has 2 aliphatic rings. The normalized spacial score (nSPS) is 20.2. The van der Waals surface area contributed by atoms with Gasteiger partial charge in [-0.3, -0.25) is 19.2 Å². The predicted molar refractivity (Wildman–Crippen MR) is 171 cm³/mol. The largest absolute Gasteiger partial charge is 0.490 e. The van der Waals surface area contributed by atoms with Crippen molar-refractivity contribution in [2.45, 2.75) is 82.8 Å². The Hall–Kier alpha value is -4.46. The third kappa shape index (κ3) is 10.3. The number of nitrogens with one attached hydrogen (secondary N) is 3. The second-order valence-electron chi connectivity index (χ2n) is 12.4. The number of halogens is 3. The van der Waals surface area contributed by atoms with Crippen LogP contribution in [0.1, 0.15) is 63.6 Å². The standard InChI is InChI=1S/C32H43N5O4.C2HF3O2/c1-21(2)19-28(38)36-18-17-25-15-16-27(37(25)32(41)26(20-36)34-30(39)22(3)33-4)31(40)35-29(23-11-7-5-8-12-23)24-13-9-6-10-14-24;3-2(4,5)1(6)7/h5-14,21-22,25-27,29,33H,15-20H2,1-4H3,(H,34,39)(H,35,40);(H,6,7)/t22-,25+,26-,27-;/m0./s1. The SMILES string of the molecule is CN[C@@H](C)C(=O)N[C@H]1CN(C(=O)CC(C)C)CC[C@H]2CC[C@@H](C(=O)NC(c3ccccc3)c3ccccc3)N2C1=O.O=C(O)C(F)(F)F. The first-order valence-electron chi connectivity index (χ1n) is 15.9. The summed E-state index contributed by atoms with van der Waals surface area (Å²) in [5.74, 6) is -3.47. The lowest BCUT2D eigenvalue weighted by Gasteiger charge is -2.39. The molecular formula is C34H44F3N5O6. The highest BCUT2D eigenvalue weighted by Crippen LogP contribution is 2.31. The number of alkyl halides is 3. The van der Waals surface area contributed by atoms with E-state index in [1.807, 2.05) is 74.5 Å². The molecule has 0 saturated carbocycles. The number of likely N-dealkylation sites (N-methyl/N-ethyl adjacent to an activating group) is 1. The van der Waals surface area contributed by atoms with Gasteiger partial charge in [-0.05, 0) is 50.3 Å². The predicted octanol–water partition coefficient (Wildman–Crippen LogP) is 3.26. The Morgan fingerprint density at radius 1 is 0.917 bits per heavy atom. The lowest BCUT2D eigenvalue weighted by atomic mass is 9.98. The number of aliphatic carboxylic acids is 1. The van der Waals surface area contributed by atoms with Crippen molar-refractivity contribution in [2.75, 3.05) is 20.1 Å². The van der Waals surface area contributed by atoms with Gasteiger partial charge in [-0.1, -0.05) is 74.5 Å². The molecule has 48 heavy (non-hydrogen) atoms. The Bertz CT molecular complexity index is 1370. The summed E-state index contributed by atoms with van der Waals surface area (Å²) in [5.41, 5.74) is 1.90. The highest BCUT2D eigenvalue weighted by molar-refractivity contribution is 5.94. The summed E-state index contributed by atoms with van der Waals surface area (Å²) >= 11 is 0. The summed E-state index contributed by atoms with van der Waals surface area (Å²) in [5, 5.41) is 16.1. The molecule has 0 spiro atoms. The Morgan fingerprint density at radius 3 is 1.94 bits per heavy atom. The molecule has 0 radical (unpaired) electrons. The van der Waals surface area contributed by atoms with Crippen molar-refractivity contribution in [1.82, 2.24) is 25.8 Å². The lowest BCUT2D eigenvalue weighted by Crippen LogP contribution is -2.62. The first-order chi connectivity index (χ1) is 22.6. The number of carbonyl (C=O) groups is 5. The smallest absolute Gasteiger partial charge is 0.475 e. The number of rotatable bonds is 9. The van der Waals surface area contributed by atoms with Gasteiger partial charge in [0.05, 0.1) is 12.1 Å². The molecule has 2 fully saturated rings. The van der Waals surface area contributed by atoms with Crippen LogP contribution in [0, 0.1) is 5.92 Å². The molecule has 2 aromatic rings. The maximum atomic E-state index is 14.1. The van der Waals surface area contributed by atoms with Crippen LogP contribution >= 0.6 is 0 Å². The van der Waals surface area contributed by atoms with Gasteiger partial charge < -0.3 is 30.9 Å². The van der Waals surface area contributed by atoms with E-state index in [4.69, 9.17) is 9.90 Å². The number of benzene rings is 2. The third-order valence-corrected chi connectivity index (χ3v) is 8.37. The van der Waals surface area contributed by atoms with E-state index in [9.17, 15) is 32.3 Å². The van der Waals surface area contributed by atoms with E-state index in [1.54, 1.807) is 23.8 Å². The van der Waals surface area contributed by atoms with Crippen LogP contribution in [0.2, 0.25) is 0 Å². The van der Waals surface area contributed by atoms with E-state index >= 15 is 0 Å². The average Bonchev–Trinajstić information content (AvgIpc) is 3.47. The molecule has 4 N–H and O–H groups in total.